The highest BCUT2D eigenvalue weighted by molar-refractivity contribution is 5.62. The lowest BCUT2D eigenvalue weighted by atomic mass is 10.1. The molecule has 100 valence electrons. The van der Waals surface area contributed by atoms with Crippen LogP contribution in [0.2, 0.25) is 0 Å². The van der Waals surface area contributed by atoms with Gasteiger partial charge in [-0.25, -0.2) is 14.4 Å². The average molecular weight is 261 g/mol. The molecule has 0 unspecified atom stereocenters. The number of aromatic nitrogens is 2. The molecule has 2 rings (SSSR count). The van der Waals surface area contributed by atoms with Crippen molar-refractivity contribution in [3.8, 4) is 11.3 Å². The van der Waals surface area contributed by atoms with Gasteiger partial charge in [0.05, 0.1) is 5.69 Å². The van der Waals surface area contributed by atoms with Crippen molar-refractivity contribution in [2.24, 2.45) is 0 Å². The average Bonchev–Trinajstić information content (AvgIpc) is 2.39. The molecule has 0 atom stereocenters. The SMILES string of the molecule is CCNc1cc(-c2cccc(F)c2)nc(COC)n1. The summed E-state index contributed by atoms with van der Waals surface area (Å²) in [6.07, 6.45) is 0. The molecule has 0 fully saturated rings. The summed E-state index contributed by atoms with van der Waals surface area (Å²) in [5.41, 5.74) is 1.40. The Hall–Kier alpha value is -2.01. The highest BCUT2D eigenvalue weighted by Crippen LogP contribution is 2.21. The first-order chi connectivity index (χ1) is 9.22. The predicted octanol–water partition coefficient (Wildman–Crippen LogP) is 2.86. The lowest BCUT2D eigenvalue weighted by molar-refractivity contribution is 0.178. The van der Waals surface area contributed by atoms with Crippen LogP contribution in [-0.2, 0) is 11.3 Å². The molecule has 2 aromatic rings. The quantitative estimate of drug-likeness (QED) is 0.899. The van der Waals surface area contributed by atoms with Crippen molar-refractivity contribution in [1.82, 2.24) is 9.97 Å². The van der Waals surface area contributed by atoms with Crippen LogP contribution >= 0.6 is 0 Å². The first-order valence-electron chi connectivity index (χ1n) is 6.09. The van der Waals surface area contributed by atoms with Gasteiger partial charge in [0.15, 0.2) is 5.82 Å². The Morgan fingerprint density at radius 1 is 1.26 bits per heavy atom. The number of halogens is 1. The summed E-state index contributed by atoms with van der Waals surface area (Å²) < 4.78 is 18.3. The van der Waals surface area contributed by atoms with Crippen LogP contribution < -0.4 is 5.32 Å². The summed E-state index contributed by atoms with van der Waals surface area (Å²) in [4.78, 5) is 8.69. The van der Waals surface area contributed by atoms with Crippen molar-refractivity contribution in [2.45, 2.75) is 13.5 Å². The second kappa shape index (κ2) is 6.24. The van der Waals surface area contributed by atoms with Crippen LogP contribution in [-0.4, -0.2) is 23.6 Å². The maximum absolute atomic E-state index is 13.3. The van der Waals surface area contributed by atoms with E-state index in [1.165, 1.54) is 12.1 Å². The number of methoxy groups -OCH3 is 1. The van der Waals surface area contributed by atoms with Gasteiger partial charge in [0.2, 0.25) is 0 Å². The normalized spacial score (nSPS) is 10.5. The number of rotatable bonds is 5. The number of benzene rings is 1. The van der Waals surface area contributed by atoms with E-state index in [0.29, 0.717) is 23.9 Å². The molecule has 4 nitrogen and oxygen atoms in total. The topological polar surface area (TPSA) is 47.0 Å². The Kier molecular flexibility index (Phi) is 4.41. The van der Waals surface area contributed by atoms with E-state index in [4.69, 9.17) is 4.74 Å². The van der Waals surface area contributed by atoms with Crippen molar-refractivity contribution in [1.29, 1.82) is 0 Å². The van der Waals surface area contributed by atoms with E-state index in [1.807, 2.05) is 13.0 Å². The van der Waals surface area contributed by atoms with Gasteiger partial charge < -0.3 is 10.1 Å². The zero-order valence-corrected chi connectivity index (χ0v) is 11.0. The van der Waals surface area contributed by atoms with Crippen molar-refractivity contribution in [2.75, 3.05) is 19.0 Å². The Balaban J connectivity index is 2.43. The molecule has 0 aliphatic rings. The van der Waals surface area contributed by atoms with Crippen molar-refractivity contribution in [3.05, 3.63) is 42.0 Å². The minimum atomic E-state index is -0.283. The Labute approximate surface area is 111 Å². The van der Waals surface area contributed by atoms with Crippen LogP contribution in [0.3, 0.4) is 0 Å². The molecule has 0 radical (unpaired) electrons. The summed E-state index contributed by atoms with van der Waals surface area (Å²) in [5.74, 6) is 0.999. The number of nitrogens with zero attached hydrogens (tertiary/aromatic N) is 2. The summed E-state index contributed by atoms with van der Waals surface area (Å²) in [5, 5.41) is 3.13. The summed E-state index contributed by atoms with van der Waals surface area (Å²) in [7, 11) is 1.59. The third-order valence-electron chi connectivity index (χ3n) is 2.52. The van der Waals surface area contributed by atoms with E-state index in [9.17, 15) is 4.39 Å². The minimum Gasteiger partial charge on any atom is -0.377 e. The number of anilines is 1. The molecular weight excluding hydrogens is 245 g/mol. The number of nitrogens with one attached hydrogen (secondary N) is 1. The first kappa shape index (κ1) is 13.4. The molecule has 5 heteroatoms. The molecule has 19 heavy (non-hydrogen) atoms. The van der Waals surface area contributed by atoms with Crippen LogP contribution in [0.5, 0.6) is 0 Å². The van der Waals surface area contributed by atoms with Crippen molar-refractivity contribution in [3.63, 3.8) is 0 Å². The van der Waals surface area contributed by atoms with E-state index < -0.39 is 0 Å². The predicted molar refractivity (Wildman–Crippen MR) is 72.3 cm³/mol. The summed E-state index contributed by atoms with van der Waals surface area (Å²) in [6, 6.07) is 8.14. The Bertz CT molecular complexity index is 536. The Morgan fingerprint density at radius 2 is 2.11 bits per heavy atom. The van der Waals surface area contributed by atoms with Gasteiger partial charge in [-0.2, -0.15) is 0 Å². The highest BCUT2D eigenvalue weighted by Gasteiger charge is 2.07. The second-order valence-electron chi connectivity index (χ2n) is 4.03. The highest BCUT2D eigenvalue weighted by atomic mass is 19.1. The van der Waals surface area contributed by atoms with Crippen molar-refractivity contribution < 1.29 is 9.13 Å². The molecule has 0 aliphatic heterocycles. The van der Waals surface area contributed by atoms with Gasteiger partial charge in [0, 0.05) is 25.3 Å². The fourth-order valence-corrected chi connectivity index (χ4v) is 1.76. The van der Waals surface area contributed by atoms with Gasteiger partial charge >= 0.3 is 0 Å². The minimum absolute atomic E-state index is 0.283. The number of hydrogen-bond acceptors (Lipinski definition) is 4. The first-order valence-corrected chi connectivity index (χ1v) is 6.09. The van der Waals surface area contributed by atoms with Crippen LogP contribution in [0, 0.1) is 5.82 Å². The molecule has 0 saturated heterocycles. The molecule has 0 saturated carbocycles. The molecule has 0 bridgehead atoms. The van der Waals surface area contributed by atoms with E-state index in [0.717, 1.165) is 12.1 Å². The van der Waals surface area contributed by atoms with Gasteiger partial charge in [-0.05, 0) is 19.1 Å². The van der Waals surface area contributed by atoms with Crippen LogP contribution in [0.4, 0.5) is 10.2 Å². The molecular formula is C14H16FN3O. The fraction of sp³-hybridized carbons (Fsp3) is 0.286. The van der Waals surface area contributed by atoms with Gasteiger partial charge in [-0.1, -0.05) is 12.1 Å². The zero-order chi connectivity index (χ0) is 13.7. The molecule has 0 aliphatic carbocycles. The van der Waals surface area contributed by atoms with Gasteiger partial charge in [0.1, 0.15) is 18.2 Å². The lowest BCUT2D eigenvalue weighted by Crippen LogP contribution is -2.05. The van der Waals surface area contributed by atoms with E-state index >= 15 is 0 Å². The number of ether oxygens (including phenoxy) is 1. The van der Waals surface area contributed by atoms with E-state index in [1.54, 1.807) is 19.2 Å². The van der Waals surface area contributed by atoms with Crippen LogP contribution in [0.1, 0.15) is 12.7 Å². The standard InChI is InChI=1S/C14H16FN3O/c1-3-16-13-8-12(17-14(18-13)9-19-2)10-5-4-6-11(15)7-10/h4-8H,3,9H2,1-2H3,(H,16,17,18). The van der Waals surface area contributed by atoms with Gasteiger partial charge in [0.25, 0.3) is 0 Å². The zero-order valence-electron chi connectivity index (χ0n) is 11.0. The van der Waals surface area contributed by atoms with E-state index in [2.05, 4.69) is 15.3 Å². The second-order valence-corrected chi connectivity index (χ2v) is 4.03. The van der Waals surface area contributed by atoms with Gasteiger partial charge in [-0.3, -0.25) is 0 Å². The number of hydrogen-bond donors (Lipinski definition) is 1. The molecule has 1 aromatic carbocycles. The molecule has 1 aromatic heterocycles. The largest absolute Gasteiger partial charge is 0.377 e. The monoisotopic (exact) mass is 261 g/mol. The fourth-order valence-electron chi connectivity index (χ4n) is 1.76. The molecule has 1 heterocycles. The van der Waals surface area contributed by atoms with Gasteiger partial charge in [-0.15, -0.1) is 0 Å². The molecule has 0 amide bonds. The third-order valence-corrected chi connectivity index (χ3v) is 2.52. The third kappa shape index (κ3) is 3.48. The van der Waals surface area contributed by atoms with E-state index in [-0.39, 0.29) is 5.82 Å². The summed E-state index contributed by atoms with van der Waals surface area (Å²) >= 11 is 0. The maximum Gasteiger partial charge on any atom is 0.157 e. The maximum atomic E-state index is 13.3. The Morgan fingerprint density at radius 3 is 2.79 bits per heavy atom. The van der Waals surface area contributed by atoms with Crippen LogP contribution in [0.15, 0.2) is 30.3 Å². The van der Waals surface area contributed by atoms with Crippen LogP contribution in [0.25, 0.3) is 11.3 Å². The summed E-state index contributed by atoms with van der Waals surface area (Å²) in [6.45, 7) is 3.06. The smallest absolute Gasteiger partial charge is 0.157 e. The molecule has 1 N–H and O–H groups in total. The lowest BCUT2D eigenvalue weighted by Gasteiger charge is -2.08. The molecule has 0 spiro atoms. The van der Waals surface area contributed by atoms with Crippen molar-refractivity contribution >= 4 is 5.82 Å².